The van der Waals surface area contributed by atoms with E-state index in [4.69, 9.17) is 16.3 Å². The number of hydrogen-bond donors (Lipinski definition) is 1. The molecule has 0 aromatic heterocycles. The lowest BCUT2D eigenvalue weighted by Gasteiger charge is -2.14. The molecule has 30 heavy (non-hydrogen) atoms. The molecule has 0 saturated heterocycles. The molecular weight excluding hydrogens is 418 g/mol. The van der Waals surface area contributed by atoms with Gasteiger partial charge in [0.1, 0.15) is 5.75 Å². The number of sulfonamides is 1. The Kier molecular flexibility index (Phi) is 5.58. The fraction of sp³-hybridized carbons (Fsp3) is 0.167. The van der Waals surface area contributed by atoms with Crippen LogP contribution < -0.4 is 9.46 Å². The van der Waals surface area contributed by atoms with Gasteiger partial charge in [0.2, 0.25) is 10.0 Å². The highest BCUT2D eigenvalue weighted by molar-refractivity contribution is 7.92. The summed E-state index contributed by atoms with van der Waals surface area (Å²) in [6, 6.07) is 19.5. The first-order valence-electron chi connectivity index (χ1n) is 9.58. The summed E-state index contributed by atoms with van der Waals surface area (Å²) in [5, 5.41) is 0.719. The number of fused-ring (bicyclic) bond motifs is 2. The predicted molar refractivity (Wildman–Crippen MR) is 124 cm³/mol. The van der Waals surface area contributed by atoms with Crippen molar-refractivity contribution in [2.75, 3.05) is 18.1 Å². The number of halogens is 1. The highest BCUT2D eigenvalue weighted by Gasteiger charge is 2.19. The number of aryl methyl sites for hydroxylation is 2. The van der Waals surface area contributed by atoms with E-state index in [0.29, 0.717) is 5.69 Å². The minimum Gasteiger partial charge on any atom is -0.497 e. The van der Waals surface area contributed by atoms with Crippen LogP contribution in [-0.2, 0) is 22.9 Å². The zero-order valence-corrected chi connectivity index (χ0v) is 18.3. The van der Waals surface area contributed by atoms with E-state index in [-0.39, 0.29) is 0 Å². The second-order valence-electron chi connectivity index (χ2n) is 7.38. The van der Waals surface area contributed by atoms with Crippen molar-refractivity contribution in [1.29, 1.82) is 0 Å². The molecule has 1 aliphatic carbocycles. The molecule has 0 atom stereocenters. The Morgan fingerprint density at radius 2 is 1.67 bits per heavy atom. The van der Waals surface area contributed by atoms with Gasteiger partial charge in [0.05, 0.1) is 13.4 Å². The van der Waals surface area contributed by atoms with Crippen LogP contribution in [0.25, 0.3) is 11.6 Å². The number of hydrogen-bond acceptors (Lipinski definition) is 3. The topological polar surface area (TPSA) is 55.4 Å². The van der Waals surface area contributed by atoms with Gasteiger partial charge >= 0.3 is 0 Å². The Labute approximate surface area is 182 Å². The number of ether oxygens (including phenoxy) is 1. The van der Waals surface area contributed by atoms with Gasteiger partial charge in [-0.1, -0.05) is 35.9 Å². The summed E-state index contributed by atoms with van der Waals surface area (Å²) >= 11 is 6.27. The van der Waals surface area contributed by atoms with Crippen molar-refractivity contribution in [3.63, 3.8) is 0 Å². The lowest BCUT2D eigenvalue weighted by atomic mass is 9.92. The largest absolute Gasteiger partial charge is 0.497 e. The Morgan fingerprint density at radius 3 is 2.37 bits per heavy atom. The van der Waals surface area contributed by atoms with E-state index < -0.39 is 10.0 Å². The lowest BCUT2D eigenvalue weighted by molar-refractivity contribution is 0.414. The van der Waals surface area contributed by atoms with Crippen LogP contribution in [0.1, 0.15) is 27.8 Å². The minimum absolute atomic E-state index is 0.534. The number of methoxy groups -OCH3 is 1. The van der Waals surface area contributed by atoms with Gasteiger partial charge in [-0.25, -0.2) is 8.42 Å². The zero-order valence-electron chi connectivity index (χ0n) is 16.8. The second kappa shape index (κ2) is 8.17. The summed E-state index contributed by atoms with van der Waals surface area (Å²) in [5.74, 6) is 0.830. The molecule has 1 N–H and O–H groups in total. The first kappa shape index (κ1) is 20.5. The molecule has 4 rings (SSSR count). The van der Waals surface area contributed by atoms with Crippen LogP contribution in [-0.4, -0.2) is 21.8 Å². The van der Waals surface area contributed by atoms with Crippen molar-refractivity contribution in [3.05, 3.63) is 93.5 Å². The summed E-state index contributed by atoms with van der Waals surface area (Å²) in [6.07, 6.45) is 5.00. The van der Waals surface area contributed by atoms with Crippen molar-refractivity contribution in [1.82, 2.24) is 0 Å². The minimum atomic E-state index is -3.34. The first-order valence-corrected chi connectivity index (χ1v) is 11.8. The van der Waals surface area contributed by atoms with Crippen LogP contribution in [0.2, 0.25) is 5.02 Å². The molecule has 6 heteroatoms. The number of rotatable bonds is 4. The van der Waals surface area contributed by atoms with Crippen molar-refractivity contribution in [2.24, 2.45) is 0 Å². The van der Waals surface area contributed by atoms with Gasteiger partial charge in [-0.15, -0.1) is 0 Å². The molecule has 0 heterocycles. The lowest BCUT2D eigenvalue weighted by Crippen LogP contribution is -2.09. The van der Waals surface area contributed by atoms with Gasteiger partial charge in [0.15, 0.2) is 0 Å². The number of nitrogens with one attached hydrogen (secondary N) is 1. The molecule has 0 fully saturated rings. The Balaban J connectivity index is 1.89. The van der Waals surface area contributed by atoms with Gasteiger partial charge < -0.3 is 4.74 Å². The smallest absolute Gasteiger partial charge is 0.229 e. The molecule has 1 aliphatic rings. The van der Waals surface area contributed by atoms with Crippen molar-refractivity contribution >= 4 is 39.0 Å². The van der Waals surface area contributed by atoms with E-state index in [1.807, 2.05) is 36.4 Å². The summed E-state index contributed by atoms with van der Waals surface area (Å²) in [5.41, 5.74) is 7.18. The van der Waals surface area contributed by atoms with Gasteiger partial charge in [-0.2, -0.15) is 0 Å². The maximum atomic E-state index is 11.6. The Hall–Kier alpha value is -2.76. The van der Waals surface area contributed by atoms with E-state index in [0.717, 1.165) is 52.1 Å². The highest BCUT2D eigenvalue weighted by Crippen LogP contribution is 2.37. The SMILES string of the molecule is COc1ccc2c(c1)CCc1cc(Cl)ccc1/C2=C/c1cccc(NS(C)(=O)=O)c1. The zero-order chi connectivity index (χ0) is 21.3. The van der Waals surface area contributed by atoms with Crippen LogP contribution in [0.5, 0.6) is 5.75 Å². The van der Waals surface area contributed by atoms with E-state index in [2.05, 4.69) is 29.0 Å². The predicted octanol–water partition coefficient (Wildman–Crippen LogP) is 5.41. The van der Waals surface area contributed by atoms with Crippen LogP contribution in [0, 0.1) is 0 Å². The monoisotopic (exact) mass is 439 g/mol. The van der Waals surface area contributed by atoms with Gasteiger partial charge in [0.25, 0.3) is 0 Å². The number of anilines is 1. The molecule has 3 aromatic carbocycles. The third kappa shape index (κ3) is 4.53. The molecule has 3 aromatic rings. The molecule has 0 unspecified atom stereocenters. The Morgan fingerprint density at radius 1 is 0.967 bits per heavy atom. The fourth-order valence-electron chi connectivity index (χ4n) is 3.84. The molecule has 0 saturated carbocycles. The molecule has 4 nitrogen and oxygen atoms in total. The Bertz CT molecular complexity index is 1250. The molecule has 154 valence electrons. The van der Waals surface area contributed by atoms with E-state index >= 15 is 0 Å². The van der Waals surface area contributed by atoms with E-state index in [1.165, 1.54) is 11.1 Å². The summed E-state index contributed by atoms with van der Waals surface area (Å²) < 4.78 is 31.2. The highest BCUT2D eigenvalue weighted by atomic mass is 35.5. The van der Waals surface area contributed by atoms with Crippen LogP contribution in [0.3, 0.4) is 0 Å². The quantitative estimate of drug-likeness (QED) is 0.591. The number of benzene rings is 3. The molecule has 0 radical (unpaired) electrons. The standard InChI is InChI=1S/C24H22ClNO3S/c1-29-21-9-11-23-18(15-21)7-6-17-14-19(25)8-10-22(17)24(23)13-16-4-3-5-20(12-16)26-30(2,27)28/h3-5,8-15,26H,6-7H2,1-2H3/b24-13-. The van der Waals surface area contributed by atoms with Crippen LogP contribution >= 0.6 is 11.6 Å². The molecule has 0 bridgehead atoms. The second-order valence-corrected chi connectivity index (χ2v) is 9.57. The van der Waals surface area contributed by atoms with Gasteiger partial charge in [0, 0.05) is 10.7 Å². The van der Waals surface area contributed by atoms with E-state index in [1.54, 1.807) is 13.2 Å². The third-order valence-corrected chi connectivity index (χ3v) is 5.97. The van der Waals surface area contributed by atoms with E-state index in [9.17, 15) is 8.42 Å². The van der Waals surface area contributed by atoms with Crippen LogP contribution in [0.4, 0.5) is 5.69 Å². The van der Waals surface area contributed by atoms with Crippen molar-refractivity contribution < 1.29 is 13.2 Å². The normalized spacial score (nSPS) is 14.6. The fourth-order valence-corrected chi connectivity index (χ4v) is 4.59. The maximum Gasteiger partial charge on any atom is 0.229 e. The molecular formula is C24H22ClNO3S. The average Bonchev–Trinajstić information content (AvgIpc) is 2.83. The molecule has 0 spiro atoms. The summed E-state index contributed by atoms with van der Waals surface area (Å²) in [4.78, 5) is 0. The average molecular weight is 440 g/mol. The summed E-state index contributed by atoms with van der Waals surface area (Å²) in [7, 11) is -1.67. The first-order chi connectivity index (χ1) is 14.3. The summed E-state index contributed by atoms with van der Waals surface area (Å²) in [6.45, 7) is 0. The molecule has 0 aliphatic heterocycles. The third-order valence-electron chi connectivity index (χ3n) is 5.12. The van der Waals surface area contributed by atoms with Gasteiger partial charge in [-0.3, -0.25) is 4.72 Å². The molecule has 0 amide bonds. The van der Waals surface area contributed by atoms with Gasteiger partial charge in [-0.05, 0) is 88.7 Å². The van der Waals surface area contributed by atoms with Crippen molar-refractivity contribution in [2.45, 2.75) is 12.8 Å². The van der Waals surface area contributed by atoms with Crippen molar-refractivity contribution in [3.8, 4) is 5.75 Å². The van der Waals surface area contributed by atoms with Crippen LogP contribution in [0.15, 0.2) is 60.7 Å². The maximum absolute atomic E-state index is 11.6.